The number of aliphatic imine (C=N–C) groups is 1. The van der Waals surface area contributed by atoms with Crippen molar-refractivity contribution in [3.8, 4) is 5.75 Å². The fourth-order valence-electron chi connectivity index (χ4n) is 3.48. The van der Waals surface area contributed by atoms with Gasteiger partial charge in [-0.1, -0.05) is 11.6 Å². The van der Waals surface area contributed by atoms with E-state index in [4.69, 9.17) is 16.3 Å². The average molecular weight is 550 g/mol. The molecule has 1 aromatic rings. The van der Waals surface area contributed by atoms with Crippen LogP contribution in [0.25, 0.3) is 0 Å². The zero-order chi connectivity index (χ0) is 20.6. The molecule has 3 rings (SSSR count). The number of nitrogens with zero attached hydrogens (tertiary/aromatic N) is 2. The first-order chi connectivity index (χ1) is 14.1. The number of benzene rings is 1. The Morgan fingerprint density at radius 3 is 2.77 bits per heavy atom. The largest absolute Gasteiger partial charge is 0.495 e. The summed E-state index contributed by atoms with van der Waals surface area (Å²) in [6.07, 6.45) is 4.54. The van der Waals surface area contributed by atoms with Crippen LogP contribution in [-0.4, -0.2) is 57.2 Å². The molecule has 1 heterocycles. The van der Waals surface area contributed by atoms with Crippen LogP contribution in [0.4, 0.5) is 5.69 Å². The van der Waals surface area contributed by atoms with E-state index in [1.54, 1.807) is 7.11 Å². The van der Waals surface area contributed by atoms with Crippen LogP contribution >= 0.6 is 35.6 Å². The van der Waals surface area contributed by atoms with Crippen LogP contribution in [-0.2, 0) is 4.79 Å². The molecule has 9 heteroatoms. The van der Waals surface area contributed by atoms with Crippen LogP contribution in [0.1, 0.15) is 39.0 Å². The van der Waals surface area contributed by atoms with Crippen molar-refractivity contribution < 1.29 is 9.53 Å². The maximum atomic E-state index is 11.8. The minimum absolute atomic E-state index is 0. The minimum Gasteiger partial charge on any atom is -0.495 e. The standard InChI is InChI=1S/C21H32ClN5O2.HI/c1-3-23-21(24-11-4-5-20(28)25-16-7-8-16)26-17-10-12-27(14-17)18-13-15(22)6-9-19(18)29-2;/h6,9,13,16-17H,3-5,7-8,10-12,14H2,1-2H3,(H,25,28)(H2,23,24,26);1H. The Morgan fingerprint density at radius 1 is 1.27 bits per heavy atom. The van der Waals surface area contributed by atoms with E-state index in [0.29, 0.717) is 24.0 Å². The first kappa shape index (κ1) is 24.8. The monoisotopic (exact) mass is 549 g/mol. The molecule has 2 fully saturated rings. The normalized spacial score (nSPS) is 18.6. The van der Waals surface area contributed by atoms with Gasteiger partial charge in [-0.25, -0.2) is 0 Å². The van der Waals surface area contributed by atoms with Crippen LogP contribution in [0.5, 0.6) is 5.75 Å². The van der Waals surface area contributed by atoms with Crippen molar-refractivity contribution in [2.45, 2.75) is 51.1 Å². The molecule has 0 bridgehead atoms. The lowest BCUT2D eigenvalue weighted by Crippen LogP contribution is -2.44. The molecule has 3 N–H and O–H groups in total. The van der Waals surface area contributed by atoms with E-state index in [1.165, 1.54) is 0 Å². The highest BCUT2D eigenvalue weighted by atomic mass is 127. The Balaban J connectivity index is 0.00000320. The van der Waals surface area contributed by atoms with Gasteiger partial charge in [-0.3, -0.25) is 9.79 Å². The predicted octanol–water partition coefficient (Wildman–Crippen LogP) is 3.16. The maximum absolute atomic E-state index is 11.8. The Hall–Kier alpha value is -1.42. The third-order valence-corrected chi connectivity index (χ3v) is 5.36. The molecular weight excluding hydrogens is 517 g/mol. The SMILES string of the molecule is CCNC(=NCCCC(=O)NC1CC1)NC1CCN(c2cc(Cl)ccc2OC)C1.I. The number of anilines is 1. The number of nitrogens with one attached hydrogen (secondary N) is 3. The molecule has 30 heavy (non-hydrogen) atoms. The van der Waals surface area contributed by atoms with Crippen LogP contribution in [0.3, 0.4) is 0 Å². The van der Waals surface area contributed by atoms with Crippen LogP contribution in [0.15, 0.2) is 23.2 Å². The quantitative estimate of drug-likeness (QED) is 0.191. The molecule has 0 aromatic heterocycles. The Morgan fingerprint density at radius 2 is 2.07 bits per heavy atom. The molecule has 1 saturated carbocycles. The number of amides is 1. The first-order valence-electron chi connectivity index (χ1n) is 10.5. The second kappa shape index (κ2) is 12.4. The van der Waals surface area contributed by atoms with Gasteiger partial charge in [0.25, 0.3) is 0 Å². The summed E-state index contributed by atoms with van der Waals surface area (Å²) >= 11 is 6.18. The van der Waals surface area contributed by atoms with Gasteiger partial charge in [-0.2, -0.15) is 0 Å². The van der Waals surface area contributed by atoms with Gasteiger partial charge < -0.3 is 25.6 Å². The number of rotatable bonds is 9. The number of ether oxygens (including phenoxy) is 1. The summed E-state index contributed by atoms with van der Waals surface area (Å²) in [5.41, 5.74) is 1.02. The fraction of sp³-hybridized carbons (Fsp3) is 0.619. The summed E-state index contributed by atoms with van der Waals surface area (Å²) in [6, 6.07) is 6.41. The molecule has 168 valence electrons. The van der Waals surface area contributed by atoms with E-state index >= 15 is 0 Å². The van der Waals surface area contributed by atoms with E-state index in [0.717, 1.165) is 62.7 Å². The Kier molecular flexibility index (Phi) is 10.3. The van der Waals surface area contributed by atoms with E-state index in [1.807, 2.05) is 18.2 Å². The highest BCUT2D eigenvalue weighted by Gasteiger charge is 2.26. The number of methoxy groups -OCH3 is 1. The molecule has 1 aliphatic carbocycles. The highest BCUT2D eigenvalue weighted by molar-refractivity contribution is 14.0. The molecule has 2 aliphatic rings. The average Bonchev–Trinajstić information content (AvgIpc) is 3.39. The molecule has 1 aromatic carbocycles. The number of hydrogen-bond acceptors (Lipinski definition) is 4. The maximum Gasteiger partial charge on any atom is 0.220 e. The fourth-order valence-corrected chi connectivity index (χ4v) is 3.64. The summed E-state index contributed by atoms with van der Waals surface area (Å²) in [6.45, 7) is 5.26. The lowest BCUT2D eigenvalue weighted by molar-refractivity contribution is -0.121. The van der Waals surface area contributed by atoms with Crippen molar-refractivity contribution in [1.29, 1.82) is 0 Å². The van der Waals surface area contributed by atoms with E-state index in [-0.39, 0.29) is 35.9 Å². The summed E-state index contributed by atoms with van der Waals surface area (Å²) in [5.74, 6) is 1.78. The minimum atomic E-state index is 0. The smallest absolute Gasteiger partial charge is 0.220 e. The topological polar surface area (TPSA) is 78.0 Å². The van der Waals surface area contributed by atoms with Gasteiger partial charge in [-0.15, -0.1) is 24.0 Å². The number of halogens is 2. The summed E-state index contributed by atoms with van der Waals surface area (Å²) in [5, 5.41) is 10.5. The summed E-state index contributed by atoms with van der Waals surface area (Å²) in [7, 11) is 1.68. The molecule has 0 spiro atoms. The number of hydrogen-bond donors (Lipinski definition) is 3. The third kappa shape index (κ3) is 7.68. The van der Waals surface area contributed by atoms with Crippen LogP contribution in [0, 0.1) is 0 Å². The first-order valence-corrected chi connectivity index (χ1v) is 10.9. The zero-order valence-electron chi connectivity index (χ0n) is 17.7. The highest BCUT2D eigenvalue weighted by Crippen LogP contribution is 2.33. The van der Waals surface area contributed by atoms with Crippen molar-refractivity contribution >= 4 is 53.1 Å². The lowest BCUT2D eigenvalue weighted by atomic mass is 10.2. The van der Waals surface area contributed by atoms with Gasteiger partial charge >= 0.3 is 0 Å². The number of carbonyl (C=O) groups is 1. The number of guanidine groups is 1. The van der Waals surface area contributed by atoms with Crippen molar-refractivity contribution in [3.63, 3.8) is 0 Å². The van der Waals surface area contributed by atoms with Crippen molar-refractivity contribution in [3.05, 3.63) is 23.2 Å². The Bertz CT molecular complexity index is 729. The van der Waals surface area contributed by atoms with Crippen molar-refractivity contribution in [2.24, 2.45) is 4.99 Å². The van der Waals surface area contributed by atoms with E-state index < -0.39 is 0 Å². The van der Waals surface area contributed by atoms with Crippen LogP contribution < -0.4 is 25.6 Å². The third-order valence-electron chi connectivity index (χ3n) is 5.13. The molecule has 1 amide bonds. The Labute approximate surface area is 201 Å². The molecule has 1 unspecified atom stereocenters. The summed E-state index contributed by atoms with van der Waals surface area (Å²) < 4.78 is 5.49. The predicted molar refractivity (Wildman–Crippen MR) is 134 cm³/mol. The molecular formula is C21H33ClIN5O2. The van der Waals surface area contributed by atoms with Crippen LogP contribution in [0.2, 0.25) is 5.02 Å². The van der Waals surface area contributed by atoms with Gasteiger partial charge in [0.05, 0.1) is 12.8 Å². The van der Waals surface area contributed by atoms with E-state index in [9.17, 15) is 4.79 Å². The second-order valence-electron chi connectivity index (χ2n) is 7.60. The van der Waals surface area contributed by atoms with Gasteiger partial charge in [0.2, 0.25) is 5.91 Å². The van der Waals surface area contributed by atoms with Gasteiger partial charge in [0, 0.05) is 49.7 Å². The molecule has 1 atom stereocenters. The molecule has 0 radical (unpaired) electrons. The summed E-state index contributed by atoms with van der Waals surface area (Å²) in [4.78, 5) is 18.7. The second-order valence-corrected chi connectivity index (χ2v) is 8.03. The van der Waals surface area contributed by atoms with Gasteiger partial charge in [0.15, 0.2) is 5.96 Å². The zero-order valence-corrected chi connectivity index (χ0v) is 20.8. The molecule has 1 aliphatic heterocycles. The van der Waals surface area contributed by atoms with Gasteiger partial charge in [0.1, 0.15) is 5.75 Å². The van der Waals surface area contributed by atoms with Crippen molar-refractivity contribution in [2.75, 3.05) is 38.2 Å². The number of carbonyl (C=O) groups excluding carboxylic acids is 1. The molecule has 7 nitrogen and oxygen atoms in total. The molecule has 1 saturated heterocycles. The lowest BCUT2D eigenvalue weighted by Gasteiger charge is -2.22. The van der Waals surface area contributed by atoms with E-state index in [2.05, 4.69) is 32.8 Å². The van der Waals surface area contributed by atoms with Gasteiger partial charge in [-0.05, 0) is 50.8 Å². The van der Waals surface area contributed by atoms with Crippen molar-refractivity contribution in [1.82, 2.24) is 16.0 Å².